The zero-order chi connectivity index (χ0) is 17.9. The maximum absolute atomic E-state index is 12.8. The van der Waals surface area contributed by atoms with Crippen molar-refractivity contribution in [3.05, 3.63) is 60.2 Å². The highest BCUT2D eigenvalue weighted by Crippen LogP contribution is 2.24. The van der Waals surface area contributed by atoms with Crippen LogP contribution in [0.3, 0.4) is 0 Å². The summed E-state index contributed by atoms with van der Waals surface area (Å²) in [6.07, 6.45) is 1.92. The van der Waals surface area contributed by atoms with E-state index in [4.69, 9.17) is 0 Å². The van der Waals surface area contributed by atoms with Crippen molar-refractivity contribution in [3.8, 4) is 0 Å². The second kappa shape index (κ2) is 7.20. The Bertz CT molecular complexity index is 856. The molecular formula is C21H24N4O. The molecule has 1 aromatic heterocycles. The number of imidazole rings is 1. The normalized spacial score (nSPS) is 18.7. The molecule has 5 nitrogen and oxygen atoms in total. The van der Waals surface area contributed by atoms with E-state index in [1.165, 1.54) is 0 Å². The summed E-state index contributed by atoms with van der Waals surface area (Å²) in [5, 5.41) is 3.17. The van der Waals surface area contributed by atoms with Gasteiger partial charge in [0.2, 0.25) is 11.9 Å². The first-order chi connectivity index (χ1) is 12.7. The molecule has 1 amide bonds. The average Bonchev–Trinajstić information content (AvgIpc) is 3.13. The van der Waals surface area contributed by atoms with Crippen LogP contribution in [-0.4, -0.2) is 29.0 Å². The largest absolute Gasteiger partial charge is 0.349 e. The fourth-order valence-corrected chi connectivity index (χ4v) is 3.63. The molecule has 2 heterocycles. The van der Waals surface area contributed by atoms with Crippen molar-refractivity contribution < 1.29 is 4.79 Å². The number of H-pyrrole nitrogens is 1. The fraction of sp³-hybridized carbons (Fsp3) is 0.333. The maximum atomic E-state index is 12.8. The standard InChI is InChI=1S/C21H24N4O/c1-15(16-8-3-2-4-9-16)22-20(26)17-10-7-13-25(14-17)21-23-18-11-5-6-12-19(18)24-21/h2-6,8-9,11-12,15,17H,7,10,13-14H2,1H3,(H,22,26)(H,23,24). The first-order valence-corrected chi connectivity index (χ1v) is 9.26. The number of aromatic nitrogens is 2. The molecule has 0 saturated carbocycles. The lowest BCUT2D eigenvalue weighted by Gasteiger charge is -2.32. The Kier molecular flexibility index (Phi) is 4.61. The summed E-state index contributed by atoms with van der Waals surface area (Å²) >= 11 is 0. The Labute approximate surface area is 153 Å². The summed E-state index contributed by atoms with van der Waals surface area (Å²) in [5.74, 6) is 0.977. The van der Waals surface area contributed by atoms with Crippen LogP contribution in [0.4, 0.5) is 5.95 Å². The van der Waals surface area contributed by atoms with Crippen LogP contribution in [0.15, 0.2) is 54.6 Å². The lowest BCUT2D eigenvalue weighted by molar-refractivity contribution is -0.125. The van der Waals surface area contributed by atoms with Crippen molar-refractivity contribution in [3.63, 3.8) is 0 Å². The first kappa shape index (κ1) is 16.6. The van der Waals surface area contributed by atoms with Crippen molar-refractivity contribution in [2.24, 2.45) is 5.92 Å². The third-order valence-corrected chi connectivity index (χ3v) is 5.13. The molecule has 2 N–H and O–H groups in total. The molecule has 2 aromatic carbocycles. The van der Waals surface area contributed by atoms with Crippen LogP contribution in [0.5, 0.6) is 0 Å². The number of carbonyl (C=O) groups excluding carboxylic acids is 1. The minimum atomic E-state index is -0.0110. The van der Waals surface area contributed by atoms with Gasteiger partial charge in [-0.15, -0.1) is 0 Å². The molecule has 0 bridgehead atoms. The van der Waals surface area contributed by atoms with Gasteiger partial charge in [0, 0.05) is 13.1 Å². The monoisotopic (exact) mass is 348 g/mol. The number of para-hydroxylation sites is 2. The number of benzene rings is 2. The predicted molar refractivity (Wildman–Crippen MR) is 104 cm³/mol. The zero-order valence-corrected chi connectivity index (χ0v) is 15.0. The molecule has 3 aromatic rings. The van der Waals surface area contributed by atoms with Crippen molar-refractivity contribution in [2.75, 3.05) is 18.0 Å². The molecule has 2 unspecified atom stereocenters. The van der Waals surface area contributed by atoms with E-state index in [0.29, 0.717) is 6.54 Å². The van der Waals surface area contributed by atoms with E-state index < -0.39 is 0 Å². The number of anilines is 1. The SMILES string of the molecule is CC(NC(=O)C1CCCN(c2nc3ccccc3[nH]2)C1)c1ccccc1. The minimum Gasteiger partial charge on any atom is -0.349 e. The molecule has 26 heavy (non-hydrogen) atoms. The highest BCUT2D eigenvalue weighted by atomic mass is 16.2. The van der Waals surface area contributed by atoms with Crippen LogP contribution in [-0.2, 0) is 4.79 Å². The summed E-state index contributed by atoms with van der Waals surface area (Å²) in [6, 6.07) is 18.1. The summed E-state index contributed by atoms with van der Waals surface area (Å²) in [4.78, 5) is 23.0. The molecule has 134 valence electrons. The molecule has 0 radical (unpaired) electrons. The fourth-order valence-electron chi connectivity index (χ4n) is 3.63. The van der Waals surface area contributed by atoms with Gasteiger partial charge in [-0.05, 0) is 37.5 Å². The number of nitrogens with one attached hydrogen (secondary N) is 2. The Balaban J connectivity index is 1.43. The molecule has 1 aliphatic heterocycles. The first-order valence-electron chi connectivity index (χ1n) is 9.26. The van der Waals surface area contributed by atoms with Gasteiger partial charge in [-0.2, -0.15) is 0 Å². The smallest absolute Gasteiger partial charge is 0.225 e. The van der Waals surface area contributed by atoms with E-state index in [2.05, 4.69) is 20.2 Å². The van der Waals surface area contributed by atoms with Crippen molar-refractivity contribution in [1.29, 1.82) is 0 Å². The van der Waals surface area contributed by atoms with E-state index in [9.17, 15) is 4.79 Å². The zero-order valence-electron chi connectivity index (χ0n) is 15.0. The van der Waals surface area contributed by atoms with Gasteiger partial charge in [-0.3, -0.25) is 4.79 Å². The number of hydrogen-bond donors (Lipinski definition) is 2. The minimum absolute atomic E-state index is 0.0110. The number of fused-ring (bicyclic) bond motifs is 1. The summed E-state index contributed by atoms with van der Waals surface area (Å²) < 4.78 is 0. The average molecular weight is 348 g/mol. The second-order valence-corrected chi connectivity index (χ2v) is 7.00. The van der Waals surface area contributed by atoms with Gasteiger partial charge in [0.25, 0.3) is 0 Å². The molecule has 5 heteroatoms. The topological polar surface area (TPSA) is 61.0 Å². The molecule has 1 saturated heterocycles. The van der Waals surface area contributed by atoms with Gasteiger partial charge in [-0.25, -0.2) is 4.98 Å². The third-order valence-electron chi connectivity index (χ3n) is 5.13. The number of nitrogens with zero attached hydrogens (tertiary/aromatic N) is 2. The number of rotatable bonds is 4. The molecule has 0 aliphatic carbocycles. The summed E-state index contributed by atoms with van der Waals surface area (Å²) in [7, 11) is 0. The van der Waals surface area contributed by atoms with E-state index in [0.717, 1.165) is 41.9 Å². The highest BCUT2D eigenvalue weighted by molar-refractivity contribution is 5.80. The molecule has 4 rings (SSSR count). The second-order valence-electron chi connectivity index (χ2n) is 7.00. The number of piperidine rings is 1. The van der Waals surface area contributed by atoms with Crippen LogP contribution in [0.1, 0.15) is 31.4 Å². The van der Waals surface area contributed by atoms with E-state index >= 15 is 0 Å². The molecule has 1 fully saturated rings. The number of carbonyl (C=O) groups is 1. The van der Waals surface area contributed by atoms with Gasteiger partial charge in [0.1, 0.15) is 0 Å². The Hall–Kier alpha value is -2.82. The van der Waals surface area contributed by atoms with Crippen molar-refractivity contribution >= 4 is 22.9 Å². The lowest BCUT2D eigenvalue weighted by Crippen LogP contribution is -2.44. The van der Waals surface area contributed by atoms with Crippen LogP contribution in [0.2, 0.25) is 0 Å². The maximum Gasteiger partial charge on any atom is 0.225 e. The van der Waals surface area contributed by atoms with E-state index in [1.54, 1.807) is 0 Å². The van der Waals surface area contributed by atoms with Gasteiger partial charge < -0.3 is 15.2 Å². The van der Waals surface area contributed by atoms with Crippen LogP contribution < -0.4 is 10.2 Å². The number of amides is 1. The number of hydrogen-bond acceptors (Lipinski definition) is 3. The molecule has 1 aliphatic rings. The Morgan fingerprint density at radius 3 is 2.77 bits per heavy atom. The van der Waals surface area contributed by atoms with Crippen LogP contribution in [0.25, 0.3) is 11.0 Å². The van der Waals surface area contributed by atoms with Crippen LogP contribution >= 0.6 is 0 Å². The number of aromatic amines is 1. The Morgan fingerprint density at radius 2 is 1.96 bits per heavy atom. The van der Waals surface area contributed by atoms with Crippen LogP contribution in [0, 0.1) is 5.92 Å². The Morgan fingerprint density at radius 1 is 1.19 bits per heavy atom. The van der Waals surface area contributed by atoms with E-state index in [1.807, 2.05) is 61.5 Å². The molecule has 0 spiro atoms. The van der Waals surface area contributed by atoms with E-state index in [-0.39, 0.29) is 17.9 Å². The van der Waals surface area contributed by atoms with Crippen molar-refractivity contribution in [1.82, 2.24) is 15.3 Å². The molecule has 2 atom stereocenters. The quantitative estimate of drug-likeness (QED) is 0.756. The summed E-state index contributed by atoms with van der Waals surface area (Å²) in [6.45, 7) is 3.66. The lowest BCUT2D eigenvalue weighted by atomic mass is 9.96. The highest BCUT2D eigenvalue weighted by Gasteiger charge is 2.28. The molecular weight excluding hydrogens is 324 g/mol. The summed E-state index contributed by atoms with van der Waals surface area (Å²) in [5.41, 5.74) is 3.13. The predicted octanol–water partition coefficient (Wildman–Crippen LogP) is 3.66. The van der Waals surface area contributed by atoms with Gasteiger partial charge in [0.05, 0.1) is 23.0 Å². The third kappa shape index (κ3) is 3.43. The van der Waals surface area contributed by atoms with Gasteiger partial charge >= 0.3 is 0 Å². The van der Waals surface area contributed by atoms with Gasteiger partial charge in [-0.1, -0.05) is 42.5 Å². The van der Waals surface area contributed by atoms with Gasteiger partial charge in [0.15, 0.2) is 0 Å². The van der Waals surface area contributed by atoms with Crippen molar-refractivity contribution in [2.45, 2.75) is 25.8 Å².